The number of benzene rings is 1. The summed E-state index contributed by atoms with van der Waals surface area (Å²) in [6.07, 6.45) is 5.58. The van der Waals surface area contributed by atoms with Gasteiger partial charge in [-0.15, -0.1) is 0 Å². The van der Waals surface area contributed by atoms with Crippen LogP contribution in [0.2, 0.25) is 5.02 Å². The van der Waals surface area contributed by atoms with Crippen LogP contribution in [-0.4, -0.2) is 52.4 Å². The summed E-state index contributed by atoms with van der Waals surface area (Å²) in [7, 11) is 0. The number of rotatable bonds is 4. The van der Waals surface area contributed by atoms with E-state index in [-0.39, 0.29) is 30.3 Å². The fourth-order valence-electron chi connectivity index (χ4n) is 3.54. The maximum absolute atomic E-state index is 12.9. The topological polar surface area (TPSA) is 75.6 Å². The van der Waals surface area contributed by atoms with Gasteiger partial charge >= 0.3 is 0 Å². The van der Waals surface area contributed by atoms with Gasteiger partial charge in [-0.3, -0.25) is 14.6 Å². The molecular weight excluding hydrogens is 368 g/mol. The van der Waals surface area contributed by atoms with E-state index >= 15 is 0 Å². The van der Waals surface area contributed by atoms with E-state index < -0.39 is 0 Å². The highest BCUT2D eigenvalue weighted by Gasteiger charge is 2.39. The van der Waals surface area contributed by atoms with Crippen LogP contribution in [-0.2, 0) is 9.59 Å². The monoisotopic (exact) mass is 386 g/mol. The SMILES string of the molecule is O=C(C1CC(=O)N(c2ccc(Cl)cc2)C1)N1CCC(Oc2cnccn2)C1. The summed E-state index contributed by atoms with van der Waals surface area (Å²) in [4.78, 5) is 36.8. The van der Waals surface area contributed by atoms with Crippen molar-refractivity contribution in [1.82, 2.24) is 14.9 Å². The minimum absolute atomic E-state index is 0.00468. The van der Waals surface area contributed by atoms with E-state index in [1.54, 1.807) is 52.7 Å². The highest BCUT2D eigenvalue weighted by Crippen LogP contribution is 2.28. The van der Waals surface area contributed by atoms with Crippen molar-refractivity contribution in [1.29, 1.82) is 0 Å². The molecule has 2 fully saturated rings. The number of anilines is 1. The van der Waals surface area contributed by atoms with Gasteiger partial charge < -0.3 is 14.5 Å². The van der Waals surface area contributed by atoms with E-state index in [4.69, 9.17) is 16.3 Å². The van der Waals surface area contributed by atoms with Crippen LogP contribution in [0.4, 0.5) is 5.69 Å². The molecule has 0 N–H and O–H groups in total. The first-order chi connectivity index (χ1) is 13.1. The van der Waals surface area contributed by atoms with Crippen molar-refractivity contribution >= 4 is 29.1 Å². The highest BCUT2D eigenvalue weighted by molar-refractivity contribution is 6.30. The minimum atomic E-state index is -0.330. The number of halogens is 1. The van der Waals surface area contributed by atoms with E-state index in [1.165, 1.54) is 0 Å². The van der Waals surface area contributed by atoms with E-state index in [2.05, 4.69) is 9.97 Å². The molecular formula is C19H19ClN4O3. The van der Waals surface area contributed by atoms with Gasteiger partial charge in [-0.2, -0.15) is 0 Å². The summed E-state index contributed by atoms with van der Waals surface area (Å²) in [6.45, 7) is 1.52. The smallest absolute Gasteiger partial charge is 0.232 e. The number of hydrogen-bond donors (Lipinski definition) is 0. The Labute approximate surface area is 161 Å². The molecule has 2 aromatic rings. The zero-order chi connectivity index (χ0) is 18.8. The molecule has 0 bridgehead atoms. The number of ether oxygens (including phenoxy) is 1. The van der Waals surface area contributed by atoms with Crippen LogP contribution in [0.1, 0.15) is 12.8 Å². The maximum Gasteiger partial charge on any atom is 0.232 e. The van der Waals surface area contributed by atoms with Crippen molar-refractivity contribution in [3.63, 3.8) is 0 Å². The van der Waals surface area contributed by atoms with Crippen LogP contribution in [0.3, 0.4) is 0 Å². The lowest BCUT2D eigenvalue weighted by molar-refractivity contribution is -0.135. The number of nitrogens with zero attached hydrogens (tertiary/aromatic N) is 4. The molecule has 2 aliphatic rings. The fourth-order valence-corrected chi connectivity index (χ4v) is 3.67. The molecule has 27 heavy (non-hydrogen) atoms. The van der Waals surface area contributed by atoms with Gasteiger partial charge in [0, 0.05) is 49.0 Å². The predicted octanol–water partition coefficient (Wildman–Crippen LogP) is 2.16. The molecule has 2 amide bonds. The van der Waals surface area contributed by atoms with Gasteiger partial charge in [0.25, 0.3) is 0 Å². The summed E-state index contributed by atoms with van der Waals surface area (Å²) in [5.74, 6) is 0.0949. The Hall–Kier alpha value is -2.67. The molecule has 7 nitrogen and oxygen atoms in total. The molecule has 2 atom stereocenters. The maximum atomic E-state index is 12.9. The van der Waals surface area contributed by atoms with E-state index in [1.807, 2.05) is 0 Å². The Morgan fingerprint density at radius 1 is 1.19 bits per heavy atom. The molecule has 140 valence electrons. The molecule has 8 heteroatoms. The van der Waals surface area contributed by atoms with Crippen molar-refractivity contribution in [3.8, 4) is 5.88 Å². The average Bonchev–Trinajstić information content (AvgIpc) is 3.30. The summed E-state index contributed by atoms with van der Waals surface area (Å²) >= 11 is 5.91. The highest BCUT2D eigenvalue weighted by atomic mass is 35.5. The zero-order valence-electron chi connectivity index (χ0n) is 14.6. The Balaban J connectivity index is 1.36. The van der Waals surface area contributed by atoms with Crippen molar-refractivity contribution in [3.05, 3.63) is 47.9 Å². The number of aromatic nitrogens is 2. The van der Waals surface area contributed by atoms with Gasteiger partial charge in [-0.1, -0.05) is 11.6 Å². The summed E-state index contributed by atoms with van der Waals surface area (Å²) in [6, 6.07) is 7.09. The molecule has 0 spiro atoms. The number of amides is 2. The Morgan fingerprint density at radius 3 is 2.74 bits per heavy atom. The Bertz CT molecular complexity index is 831. The van der Waals surface area contributed by atoms with E-state index in [0.29, 0.717) is 30.5 Å². The first-order valence-electron chi connectivity index (χ1n) is 8.87. The lowest BCUT2D eigenvalue weighted by Gasteiger charge is -2.21. The molecule has 3 heterocycles. The fraction of sp³-hybridized carbons (Fsp3) is 0.368. The molecule has 2 saturated heterocycles. The zero-order valence-corrected chi connectivity index (χ0v) is 15.4. The third kappa shape index (κ3) is 3.88. The predicted molar refractivity (Wildman–Crippen MR) is 99.6 cm³/mol. The first-order valence-corrected chi connectivity index (χ1v) is 9.25. The van der Waals surface area contributed by atoms with Crippen molar-refractivity contribution in [2.45, 2.75) is 18.9 Å². The van der Waals surface area contributed by atoms with Crippen LogP contribution >= 0.6 is 11.6 Å². The van der Waals surface area contributed by atoms with Crippen LogP contribution in [0.25, 0.3) is 0 Å². The number of likely N-dealkylation sites (tertiary alicyclic amines) is 1. The van der Waals surface area contributed by atoms with Gasteiger partial charge in [-0.25, -0.2) is 4.98 Å². The van der Waals surface area contributed by atoms with Crippen molar-refractivity contribution in [2.24, 2.45) is 5.92 Å². The molecule has 0 aliphatic carbocycles. The molecule has 4 rings (SSSR count). The Kier molecular flexibility index (Phi) is 4.94. The van der Waals surface area contributed by atoms with Gasteiger partial charge in [-0.05, 0) is 24.3 Å². The Morgan fingerprint density at radius 2 is 2.00 bits per heavy atom. The molecule has 2 unspecified atom stereocenters. The van der Waals surface area contributed by atoms with Gasteiger partial charge in [0.2, 0.25) is 17.7 Å². The lowest BCUT2D eigenvalue weighted by atomic mass is 10.1. The third-order valence-electron chi connectivity index (χ3n) is 4.90. The normalized spacial score (nSPS) is 22.3. The summed E-state index contributed by atoms with van der Waals surface area (Å²) in [5, 5.41) is 0.615. The molecule has 1 aromatic heterocycles. The molecule has 1 aromatic carbocycles. The summed E-state index contributed by atoms with van der Waals surface area (Å²) < 4.78 is 5.78. The van der Waals surface area contributed by atoms with Crippen molar-refractivity contribution in [2.75, 3.05) is 24.5 Å². The molecule has 2 aliphatic heterocycles. The van der Waals surface area contributed by atoms with E-state index in [9.17, 15) is 9.59 Å². The number of hydrogen-bond acceptors (Lipinski definition) is 5. The molecule has 0 saturated carbocycles. The second-order valence-electron chi connectivity index (χ2n) is 6.74. The van der Waals surface area contributed by atoms with Gasteiger partial charge in [0.1, 0.15) is 6.10 Å². The van der Waals surface area contributed by atoms with Gasteiger partial charge in [0.05, 0.1) is 18.7 Å². The summed E-state index contributed by atoms with van der Waals surface area (Å²) in [5.41, 5.74) is 0.769. The van der Waals surface area contributed by atoms with Crippen molar-refractivity contribution < 1.29 is 14.3 Å². The lowest BCUT2D eigenvalue weighted by Crippen LogP contribution is -2.37. The molecule has 0 radical (unpaired) electrons. The van der Waals surface area contributed by atoms with Crippen LogP contribution in [0, 0.1) is 5.92 Å². The largest absolute Gasteiger partial charge is 0.471 e. The van der Waals surface area contributed by atoms with Crippen LogP contribution in [0.5, 0.6) is 5.88 Å². The van der Waals surface area contributed by atoms with Crippen LogP contribution in [0.15, 0.2) is 42.9 Å². The average molecular weight is 387 g/mol. The number of carbonyl (C=O) groups is 2. The van der Waals surface area contributed by atoms with Gasteiger partial charge in [0.15, 0.2) is 0 Å². The second-order valence-corrected chi connectivity index (χ2v) is 7.17. The quantitative estimate of drug-likeness (QED) is 0.804. The number of carbonyl (C=O) groups excluding carboxylic acids is 2. The standard InChI is InChI=1S/C19H19ClN4O3/c20-14-1-3-15(4-2-14)24-11-13(9-18(24)25)19(26)23-8-5-16(12-23)27-17-10-21-6-7-22-17/h1-4,6-7,10,13,16H,5,8-9,11-12H2. The first kappa shape index (κ1) is 17.7. The second kappa shape index (κ2) is 7.52. The minimum Gasteiger partial charge on any atom is -0.471 e. The van der Waals surface area contributed by atoms with E-state index in [0.717, 1.165) is 12.1 Å². The third-order valence-corrected chi connectivity index (χ3v) is 5.15. The van der Waals surface area contributed by atoms with Crippen LogP contribution < -0.4 is 9.64 Å².